The van der Waals surface area contributed by atoms with E-state index in [2.05, 4.69) is 33.9 Å². The quantitative estimate of drug-likeness (QED) is 0.690. The molecule has 0 spiro atoms. The van der Waals surface area contributed by atoms with Gasteiger partial charge in [0.05, 0.1) is 11.5 Å². The maximum atomic E-state index is 11.7. The highest BCUT2D eigenvalue weighted by Gasteiger charge is 2.45. The fourth-order valence-corrected chi connectivity index (χ4v) is 2.81. The summed E-state index contributed by atoms with van der Waals surface area (Å²) in [6, 6.07) is 0. The molecule has 0 bridgehead atoms. The van der Waals surface area contributed by atoms with Crippen LogP contribution < -0.4 is 0 Å². The van der Waals surface area contributed by atoms with Gasteiger partial charge in [0.15, 0.2) is 14.1 Å². The van der Waals surface area contributed by atoms with E-state index >= 15 is 0 Å². The second-order valence-corrected chi connectivity index (χ2v) is 11.5. The SMILES string of the molecule is CC1(C)C(=O)C=C[C@@H]1O[Si](C)(C)C(C)(C)C. The summed E-state index contributed by atoms with van der Waals surface area (Å²) in [5.74, 6) is 0.177. The number of carbonyl (C=O) groups is 1. The Balaban J connectivity index is 2.84. The van der Waals surface area contributed by atoms with Crippen molar-refractivity contribution in [1.29, 1.82) is 0 Å². The molecule has 0 unspecified atom stereocenters. The minimum absolute atomic E-state index is 0.0547. The van der Waals surface area contributed by atoms with E-state index in [1.165, 1.54) is 0 Å². The van der Waals surface area contributed by atoms with Crippen molar-refractivity contribution in [3.05, 3.63) is 12.2 Å². The number of carbonyl (C=O) groups excluding carboxylic acids is 1. The number of hydrogen-bond donors (Lipinski definition) is 0. The Kier molecular flexibility index (Phi) is 3.25. The third-order valence-electron chi connectivity index (χ3n) is 4.00. The summed E-state index contributed by atoms with van der Waals surface area (Å²) >= 11 is 0. The number of allylic oxidation sites excluding steroid dienone is 1. The van der Waals surface area contributed by atoms with E-state index < -0.39 is 13.7 Å². The van der Waals surface area contributed by atoms with Crippen LogP contribution in [0.25, 0.3) is 0 Å². The Morgan fingerprint density at radius 3 is 2.12 bits per heavy atom. The molecule has 0 amide bonds. The number of rotatable bonds is 2. The molecular weight excluding hydrogens is 216 g/mol. The van der Waals surface area contributed by atoms with E-state index in [9.17, 15) is 4.79 Å². The molecule has 3 heteroatoms. The van der Waals surface area contributed by atoms with Crippen LogP contribution in [-0.2, 0) is 9.22 Å². The van der Waals surface area contributed by atoms with Crippen LogP contribution in [0.4, 0.5) is 0 Å². The molecule has 0 radical (unpaired) electrons. The van der Waals surface area contributed by atoms with Crippen LogP contribution in [0.1, 0.15) is 34.6 Å². The van der Waals surface area contributed by atoms with Gasteiger partial charge in [-0.3, -0.25) is 4.79 Å². The van der Waals surface area contributed by atoms with E-state index in [0.717, 1.165) is 0 Å². The predicted molar refractivity (Wildman–Crippen MR) is 70.0 cm³/mol. The number of hydrogen-bond acceptors (Lipinski definition) is 2. The van der Waals surface area contributed by atoms with Gasteiger partial charge in [0.1, 0.15) is 0 Å². The predicted octanol–water partition coefficient (Wildman–Crippen LogP) is 3.54. The highest BCUT2D eigenvalue weighted by Crippen LogP contribution is 2.41. The van der Waals surface area contributed by atoms with Crippen LogP contribution in [0.2, 0.25) is 18.1 Å². The Hall–Kier alpha value is -0.413. The average molecular weight is 240 g/mol. The lowest BCUT2D eigenvalue weighted by molar-refractivity contribution is -0.124. The van der Waals surface area contributed by atoms with Crippen LogP contribution in [0.15, 0.2) is 12.2 Å². The van der Waals surface area contributed by atoms with Gasteiger partial charge >= 0.3 is 0 Å². The number of ketones is 1. The largest absolute Gasteiger partial charge is 0.410 e. The zero-order valence-electron chi connectivity index (χ0n) is 11.5. The lowest BCUT2D eigenvalue weighted by Crippen LogP contribution is -2.47. The van der Waals surface area contributed by atoms with E-state index in [4.69, 9.17) is 4.43 Å². The molecule has 0 aromatic heterocycles. The zero-order chi connectivity index (χ0) is 12.8. The maximum Gasteiger partial charge on any atom is 0.192 e. The fraction of sp³-hybridized carbons (Fsp3) is 0.769. The molecule has 0 aromatic rings. The first-order valence-electron chi connectivity index (χ1n) is 5.89. The first kappa shape index (κ1) is 13.7. The zero-order valence-corrected chi connectivity index (χ0v) is 12.5. The van der Waals surface area contributed by atoms with Crippen molar-refractivity contribution in [2.45, 2.75) is 58.9 Å². The maximum absolute atomic E-state index is 11.7. The van der Waals surface area contributed by atoms with E-state index in [0.29, 0.717) is 0 Å². The summed E-state index contributed by atoms with van der Waals surface area (Å²) in [4.78, 5) is 11.7. The first-order chi connectivity index (χ1) is 6.98. The Labute approximate surface area is 100 Å². The van der Waals surface area contributed by atoms with Gasteiger partial charge < -0.3 is 4.43 Å². The highest BCUT2D eigenvalue weighted by molar-refractivity contribution is 6.74. The van der Waals surface area contributed by atoms with Crippen molar-refractivity contribution in [2.75, 3.05) is 0 Å². The molecular formula is C13H24O2Si. The standard InChI is InChI=1S/C13H24O2Si/c1-12(2,3)16(6,7)15-11-9-8-10(14)13(11,4)5/h8-9,11H,1-7H3/t11-/m0/s1. The molecule has 0 saturated heterocycles. The van der Waals surface area contributed by atoms with Gasteiger partial charge in [0, 0.05) is 0 Å². The average Bonchev–Trinajstić information content (AvgIpc) is 2.29. The minimum Gasteiger partial charge on any atom is -0.410 e. The van der Waals surface area contributed by atoms with E-state index in [1.807, 2.05) is 19.9 Å². The molecule has 16 heavy (non-hydrogen) atoms. The summed E-state index contributed by atoms with van der Waals surface area (Å²) in [6.45, 7) is 15.0. The van der Waals surface area contributed by atoms with Crippen molar-refractivity contribution in [3.63, 3.8) is 0 Å². The van der Waals surface area contributed by atoms with Gasteiger partial charge in [-0.25, -0.2) is 0 Å². The lowest BCUT2D eigenvalue weighted by atomic mass is 9.87. The second kappa shape index (κ2) is 3.81. The molecule has 0 N–H and O–H groups in total. The van der Waals surface area contributed by atoms with Crippen molar-refractivity contribution in [2.24, 2.45) is 5.41 Å². The van der Waals surface area contributed by atoms with Crippen LogP contribution >= 0.6 is 0 Å². The summed E-state index contributed by atoms with van der Waals surface area (Å²) in [5.41, 5.74) is -0.393. The molecule has 1 rings (SSSR count). The molecule has 1 aliphatic carbocycles. The van der Waals surface area contributed by atoms with Crippen molar-refractivity contribution in [3.8, 4) is 0 Å². The first-order valence-corrected chi connectivity index (χ1v) is 8.80. The Bertz CT molecular complexity index is 321. The van der Waals surface area contributed by atoms with Gasteiger partial charge in [0.2, 0.25) is 0 Å². The van der Waals surface area contributed by atoms with E-state index in [1.54, 1.807) is 6.08 Å². The fourth-order valence-electron chi connectivity index (χ4n) is 1.45. The molecule has 0 aliphatic heterocycles. The van der Waals surface area contributed by atoms with Crippen molar-refractivity contribution >= 4 is 14.1 Å². The summed E-state index contributed by atoms with van der Waals surface area (Å²) in [5, 5.41) is 0.183. The Morgan fingerprint density at radius 2 is 1.81 bits per heavy atom. The van der Waals surface area contributed by atoms with Crippen LogP contribution in [0.3, 0.4) is 0 Å². The topological polar surface area (TPSA) is 26.3 Å². The van der Waals surface area contributed by atoms with Gasteiger partial charge in [0.25, 0.3) is 0 Å². The molecule has 0 fully saturated rings. The molecule has 0 saturated carbocycles. The smallest absolute Gasteiger partial charge is 0.192 e. The second-order valence-electron chi connectivity index (χ2n) is 6.74. The summed E-state index contributed by atoms with van der Waals surface area (Å²) < 4.78 is 6.28. The monoisotopic (exact) mass is 240 g/mol. The lowest BCUT2D eigenvalue weighted by Gasteiger charge is -2.41. The van der Waals surface area contributed by atoms with Crippen LogP contribution in [0, 0.1) is 5.41 Å². The van der Waals surface area contributed by atoms with Crippen molar-refractivity contribution in [1.82, 2.24) is 0 Å². The van der Waals surface area contributed by atoms with Crippen LogP contribution in [0.5, 0.6) is 0 Å². The normalized spacial score (nSPS) is 25.2. The summed E-state index contributed by atoms with van der Waals surface area (Å²) in [6.07, 6.45) is 3.53. The van der Waals surface area contributed by atoms with Crippen LogP contribution in [-0.4, -0.2) is 20.2 Å². The molecule has 0 heterocycles. The van der Waals surface area contributed by atoms with E-state index in [-0.39, 0.29) is 16.9 Å². The highest BCUT2D eigenvalue weighted by atomic mass is 28.4. The minimum atomic E-state index is -1.79. The third kappa shape index (κ3) is 2.30. The Morgan fingerprint density at radius 1 is 1.31 bits per heavy atom. The van der Waals surface area contributed by atoms with Gasteiger partial charge in [-0.1, -0.05) is 26.8 Å². The summed E-state index contributed by atoms with van der Waals surface area (Å²) in [7, 11) is -1.79. The van der Waals surface area contributed by atoms with Crippen molar-refractivity contribution < 1.29 is 9.22 Å². The molecule has 2 nitrogen and oxygen atoms in total. The van der Waals surface area contributed by atoms with Gasteiger partial charge in [-0.05, 0) is 38.1 Å². The van der Waals surface area contributed by atoms with Gasteiger partial charge in [-0.15, -0.1) is 0 Å². The molecule has 1 aliphatic rings. The molecule has 0 aromatic carbocycles. The van der Waals surface area contributed by atoms with Gasteiger partial charge in [-0.2, -0.15) is 0 Å². The molecule has 92 valence electrons. The molecule has 1 atom stereocenters. The third-order valence-corrected chi connectivity index (χ3v) is 8.45.